The Morgan fingerprint density at radius 2 is 1.94 bits per heavy atom. The van der Waals surface area contributed by atoms with Gasteiger partial charge in [-0.05, 0) is 48.8 Å². The highest BCUT2D eigenvalue weighted by atomic mass is 35.5. The zero-order chi connectivity index (χ0) is 13.2. The van der Waals surface area contributed by atoms with Crippen molar-refractivity contribution in [3.05, 3.63) is 33.8 Å². The van der Waals surface area contributed by atoms with Gasteiger partial charge in [0.15, 0.2) is 0 Å². The molecule has 0 aromatic heterocycles. The first-order chi connectivity index (χ1) is 8.46. The van der Waals surface area contributed by atoms with E-state index in [9.17, 15) is 0 Å². The molecule has 1 aliphatic rings. The van der Waals surface area contributed by atoms with E-state index in [2.05, 4.69) is 25.2 Å². The molecule has 1 aliphatic carbocycles. The molecule has 0 radical (unpaired) electrons. The molecule has 0 atom stereocenters. The van der Waals surface area contributed by atoms with Crippen LogP contribution in [0.2, 0.25) is 10.0 Å². The summed E-state index contributed by atoms with van der Waals surface area (Å²) >= 11 is 12.0. The number of rotatable bonds is 6. The minimum absolute atomic E-state index is 0.328. The SMILES string of the molecule is CC(C)(CCc1ccc(Cl)c(Cl)c1)CNC1CC1. The fraction of sp³-hybridized carbons (Fsp3) is 0.600. The lowest BCUT2D eigenvalue weighted by molar-refractivity contribution is 0.313. The highest BCUT2D eigenvalue weighted by Gasteiger charge is 2.25. The van der Waals surface area contributed by atoms with Crippen molar-refractivity contribution < 1.29 is 0 Å². The van der Waals surface area contributed by atoms with E-state index in [1.807, 2.05) is 12.1 Å². The predicted molar refractivity (Wildman–Crippen MR) is 79.6 cm³/mol. The molecule has 0 saturated heterocycles. The van der Waals surface area contributed by atoms with E-state index >= 15 is 0 Å². The normalized spacial score (nSPS) is 16.0. The fourth-order valence-electron chi connectivity index (χ4n) is 1.97. The molecule has 1 N–H and O–H groups in total. The Labute approximate surface area is 120 Å². The van der Waals surface area contributed by atoms with Crippen LogP contribution in [0.25, 0.3) is 0 Å². The van der Waals surface area contributed by atoms with Crippen molar-refractivity contribution in [1.82, 2.24) is 5.32 Å². The second kappa shape index (κ2) is 5.81. The minimum Gasteiger partial charge on any atom is -0.313 e. The Bertz CT molecular complexity index is 411. The van der Waals surface area contributed by atoms with Gasteiger partial charge in [0, 0.05) is 12.6 Å². The van der Waals surface area contributed by atoms with Crippen LogP contribution in [0.3, 0.4) is 0 Å². The number of hydrogen-bond acceptors (Lipinski definition) is 1. The third kappa shape index (κ3) is 4.46. The molecule has 1 aromatic carbocycles. The maximum Gasteiger partial charge on any atom is 0.0595 e. The smallest absolute Gasteiger partial charge is 0.0595 e. The van der Waals surface area contributed by atoms with Crippen LogP contribution in [0.15, 0.2) is 18.2 Å². The van der Waals surface area contributed by atoms with E-state index in [0.717, 1.165) is 25.4 Å². The molecular weight excluding hydrogens is 265 g/mol. The van der Waals surface area contributed by atoms with Gasteiger partial charge >= 0.3 is 0 Å². The first-order valence-electron chi connectivity index (χ1n) is 6.64. The molecule has 1 nitrogen and oxygen atoms in total. The van der Waals surface area contributed by atoms with Crippen molar-refractivity contribution in [2.24, 2.45) is 5.41 Å². The van der Waals surface area contributed by atoms with E-state index in [1.54, 1.807) is 0 Å². The Kier molecular flexibility index (Phi) is 4.58. The van der Waals surface area contributed by atoms with Crippen LogP contribution in [-0.2, 0) is 6.42 Å². The predicted octanol–water partition coefficient (Wildman–Crippen LogP) is 4.70. The molecule has 18 heavy (non-hydrogen) atoms. The summed E-state index contributed by atoms with van der Waals surface area (Å²) < 4.78 is 0. The number of halogens is 2. The topological polar surface area (TPSA) is 12.0 Å². The number of aryl methyl sites for hydroxylation is 1. The molecule has 0 bridgehead atoms. The summed E-state index contributed by atoms with van der Waals surface area (Å²) in [6.45, 7) is 5.73. The lowest BCUT2D eigenvalue weighted by Gasteiger charge is -2.25. The third-order valence-electron chi connectivity index (χ3n) is 3.52. The molecule has 0 aliphatic heterocycles. The van der Waals surface area contributed by atoms with Crippen LogP contribution in [-0.4, -0.2) is 12.6 Å². The van der Waals surface area contributed by atoms with Crippen LogP contribution < -0.4 is 5.32 Å². The van der Waals surface area contributed by atoms with Gasteiger partial charge in [0.1, 0.15) is 0 Å². The maximum atomic E-state index is 6.03. The molecule has 2 rings (SSSR count). The lowest BCUT2D eigenvalue weighted by atomic mass is 9.86. The summed E-state index contributed by atoms with van der Waals surface area (Å²) in [4.78, 5) is 0. The van der Waals surface area contributed by atoms with E-state index in [-0.39, 0.29) is 0 Å². The summed E-state index contributed by atoms with van der Waals surface area (Å²) in [6, 6.07) is 6.72. The Balaban J connectivity index is 1.82. The van der Waals surface area contributed by atoms with Gasteiger partial charge in [-0.1, -0.05) is 43.1 Å². The van der Waals surface area contributed by atoms with Crippen LogP contribution in [0.5, 0.6) is 0 Å². The average molecular weight is 286 g/mol. The van der Waals surface area contributed by atoms with Crippen LogP contribution >= 0.6 is 23.2 Å². The van der Waals surface area contributed by atoms with Gasteiger partial charge < -0.3 is 5.32 Å². The van der Waals surface area contributed by atoms with Gasteiger partial charge in [-0.3, -0.25) is 0 Å². The molecule has 0 heterocycles. The van der Waals surface area contributed by atoms with E-state index < -0.39 is 0 Å². The van der Waals surface area contributed by atoms with Gasteiger partial charge in [0.05, 0.1) is 10.0 Å². The first kappa shape index (κ1) is 14.2. The molecule has 1 fully saturated rings. The zero-order valence-corrected chi connectivity index (χ0v) is 12.6. The Morgan fingerprint density at radius 3 is 2.56 bits per heavy atom. The summed E-state index contributed by atoms with van der Waals surface area (Å²) in [5, 5.41) is 4.90. The molecule has 3 heteroatoms. The molecule has 0 spiro atoms. The van der Waals surface area contributed by atoms with Crippen LogP contribution in [0, 0.1) is 5.41 Å². The first-order valence-corrected chi connectivity index (χ1v) is 7.39. The fourth-order valence-corrected chi connectivity index (χ4v) is 2.30. The Morgan fingerprint density at radius 1 is 1.22 bits per heavy atom. The minimum atomic E-state index is 0.328. The summed E-state index contributed by atoms with van der Waals surface area (Å²) in [5.41, 5.74) is 1.60. The average Bonchev–Trinajstić information content (AvgIpc) is 3.12. The molecule has 0 unspecified atom stereocenters. The highest BCUT2D eigenvalue weighted by molar-refractivity contribution is 6.42. The molecule has 1 aromatic rings. The lowest BCUT2D eigenvalue weighted by Crippen LogP contribution is -2.31. The van der Waals surface area contributed by atoms with Crippen molar-refractivity contribution in [3.63, 3.8) is 0 Å². The highest BCUT2D eigenvalue weighted by Crippen LogP contribution is 2.27. The molecule has 100 valence electrons. The summed E-state index contributed by atoms with van der Waals surface area (Å²) in [7, 11) is 0. The van der Waals surface area contributed by atoms with E-state index in [0.29, 0.717) is 15.5 Å². The zero-order valence-electron chi connectivity index (χ0n) is 11.1. The third-order valence-corrected chi connectivity index (χ3v) is 4.26. The monoisotopic (exact) mass is 285 g/mol. The van der Waals surface area contributed by atoms with Crippen LogP contribution in [0.1, 0.15) is 38.7 Å². The van der Waals surface area contributed by atoms with Crippen molar-refractivity contribution in [2.75, 3.05) is 6.54 Å². The quantitative estimate of drug-likeness (QED) is 0.799. The second-order valence-electron chi connectivity index (χ2n) is 6.07. The van der Waals surface area contributed by atoms with Crippen molar-refractivity contribution >= 4 is 23.2 Å². The van der Waals surface area contributed by atoms with Gasteiger partial charge in [-0.2, -0.15) is 0 Å². The van der Waals surface area contributed by atoms with Gasteiger partial charge in [-0.25, -0.2) is 0 Å². The maximum absolute atomic E-state index is 6.03. The number of hydrogen-bond donors (Lipinski definition) is 1. The summed E-state index contributed by atoms with van der Waals surface area (Å²) in [5.74, 6) is 0. The van der Waals surface area contributed by atoms with Crippen LogP contribution in [0.4, 0.5) is 0 Å². The second-order valence-corrected chi connectivity index (χ2v) is 6.88. The summed E-state index contributed by atoms with van der Waals surface area (Å²) in [6.07, 6.45) is 4.91. The van der Waals surface area contributed by atoms with Gasteiger partial charge in [0.2, 0.25) is 0 Å². The van der Waals surface area contributed by atoms with E-state index in [1.165, 1.54) is 18.4 Å². The van der Waals surface area contributed by atoms with Crippen molar-refractivity contribution in [3.8, 4) is 0 Å². The Hall–Kier alpha value is -0.240. The van der Waals surface area contributed by atoms with Crippen molar-refractivity contribution in [1.29, 1.82) is 0 Å². The van der Waals surface area contributed by atoms with Crippen molar-refractivity contribution in [2.45, 2.75) is 45.6 Å². The largest absolute Gasteiger partial charge is 0.313 e. The van der Waals surface area contributed by atoms with E-state index in [4.69, 9.17) is 23.2 Å². The van der Waals surface area contributed by atoms with Gasteiger partial charge in [-0.15, -0.1) is 0 Å². The molecule has 1 saturated carbocycles. The number of benzene rings is 1. The molecule has 0 amide bonds. The number of nitrogens with one attached hydrogen (secondary N) is 1. The standard InChI is InChI=1S/C15H21Cl2N/c1-15(2,10-18-12-4-5-12)8-7-11-3-6-13(16)14(17)9-11/h3,6,9,12,18H,4-5,7-8,10H2,1-2H3. The van der Waals surface area contributed by atoms with Gasteiger partial charge in [0.25, 0.3) is 0 Å². The molecular formula is C15H21Cl2N.